The van der Waals surface area contributed by atoms with Gasteiger partial charge in [-0.05, 0) is 61.2 Å². The molecule has 0 spiro atoms. The van der Waals surface area contributed by atoms with Crippen LogP contribution in [0.1, 0.15) is 24.8 Å². The van der Waals surface area contributed by atoms with Crippen molar-refractivity contribution in [1.82, 2.24) is 25.2 Å². The van der Waals surface area contributed by atoms with Gasteiger partial charge in [-0.15, -0.1) is 0 Å². The van der Waals surface area contributed by atoms with Gasteiger partial charge in [0.05, 0.1) is 12.6 Å². The highest BCUT2D eigenvalue weighted by Gasteiger charge is 2.45. The zero-order valence-corrected chi connectivity index (χ0v) is 25.8. The Morgan fingerprint density at radius 3 is 2.20 bits per heavy atom. The van der Waals surface area contributed by atoms with E-state index < -0.39 is 48.2 Å². The zero-order chi connectivity index (χ0) is 33.5. The fourth-order valence-corrected chi connectivity index (χ4v) is 4.38. The first kappa shape index (κ1) is 34.0. The van der Waals surface area contributed by atoms with Crippen molar-refractivity contribution in [2.75, 3.05) is 50.3 Å². The third-order valence-corrected chi connectivity index (χ3v) is 7.02. The fourth-order valence-electron chi connectivity index (χ4n) is 4.25. The van der Waals surface area contributed by atoms with Gasteiger partial charge < -0.3 is 35.6 Å². The minimum atomic E-state index is -4.60. The Hall–Kier alpha value is -4.86. The first-order valence-electron chi connectivity index (χ1n) is 14.0. The van der Waals surface area contributed by atoms with Gasteiger partial charge in [-0.2, -0.15) is 28.1 Å². The molecule has 46 heavy (non-hydrogen) atoms. The number of likely N-dealkylation sites (N-methyl/N-ethyl adjacent to an activating group) is 1. The van der Waals surface area contributed by atoms with Gasteiger partial charge >= 0.3 is 30.0 Å². The third-order valence-electron chi connectivity index (χ3n) is 6.76. The van der Waals surface area contributed by atoms with Crippen LogP contribution < -0.4 is 26.0 Å². The summed E-state index contributed by atoms with van der Waals surface area (Å²) in [6.07, 6.45) is -3.00. The maximum atomic E-state index is 12.9. The van der Waals surface area contributed by atoms with E-state index in [9.17, 15) is 27.6 Å². The summed E-state index contributed by atoms with van der Waals surface area (Å²) in [6.45, 7) is -1.56. The molecule has 13 nitrogen and oxygen atoms in total. The molecule has 0 radical (unpaired) electrons. The highest BCUT2D eigenvalue weighted by molar-refractivity contribution is 6.34. The summed E-state index contributed by atoms with van der Waals surface area (Å²) in [5, 5.41) is 12.2. The summed E-state index contributed by atoms with van der Waals surface area (Å²) in [5.74, 6) is -2.16. The summed E-state index contributed by atoms with van der Waals surface area (Å²) < 4.78 is 48.3. The number of rotatable bonds is 13. The van der Waals surface area contributed by atoms with E-state index in [2.05, 4.69) is 36.2 Å². The molecular formula is C29H32ClF3N8O5. The van der Waals surface area contributed by atoms with Crippen LogP contribution >= 0.6 is 11.6 Å². The maximum Gasteiger partial charge on any atom is 0.422 e. The first-order valence-corrected chi connectivity index (χ1v) is 14.4. The molecule has 1 atom stereocenters. The Kier molecular flexibility index (Phi) is 10.7. The predicted octanol–water partition coefficient (Wildman–Crippen LogP) is 3.86. The van der Waals surface area contributed by atoms with E-state index in [4.69, 9.17) is 21.1 Å². The molecule has 4 rings (SSSR count). The van der Waals surface area contributed by atoms with E-state index in [-0.39, 0.29) is 24.9 Å². The highest BCUT2D eigenvalue weighted by Crippen LogP contribution is 2.48. The number of benzene rings is 2. The Balaban J connectivity index is 1.46. The van der Waals surface area contributed by atoms with Gasteiger partial charge in [-0.3, -0.25) is 9.59 Å². The van der Waals surface area contributed by atoms with Gasteiger partial charge in [0, 0.05) is 37.0 Å². The maximum absolute atomic E-state index is 12.9. The van der Waals surface area contributed by atoms with Crippen molar-refractivity contribution in [1.29, 1.82) is 0 Å². The number of methoxy groups -OCH3 is 1. The minimum Gasteiger partial charge on any atom is -0.467 e. The van der Waals surface area contributed by atoms with Crippen molar-refractivity contribution in [3.63, 3.8) is 0 Å². The van der Waals surface area contributed by atoms with Crippen molar-refractivity contribution in [2.24, 2.45) is 0 Å². The number of carbonyl (C=O) groups is 3. The molecule has 2 aromatic carbocycles. The van der Waals surface area contributed by atoms with Crippen LogP contribution in [0.15, 0.2) is 48.5 Å². The van der Waals surface area contributed by atoms with E-state index in [1.165, 1.54) is 21.2 Å². The molecule has 0 saturated heterocycles. The van der Waals surface area contributed by atoms with E-state index >= 15 is 0 Å². The lowest BCUT2D eigenvalue weighted by Crippen LogP contribution is -2.41. The Morgan fingerprint density at radius 2 is 1.61 bits per heavy atom. The lowest BCUT2D eigenvalue weighted by molar-refractivity contribution is -0.154. The van der Waals surface area contributed by atoms with E-state index in [0.29, 0.717) is 16.4 Å². The molecule has 17 heteroatoms. The third kappa shape index (κ3) is 9.57. The summed E-state index contributed by atoms with van der Waals surface area (Å²) in [4.78, 5) is 49.5. The number of ether oxygens (including phenoxy) is 2. The van der Waals surface area contributed by atoms with Crippen molar-refractivity contribution in [2.45, 2.75) is 37.0 Å². The Labute approximate surface area is 267 Å². The van der Waals surface area contributed by atoms with Crippen LogP contribution in [0.3, 0.4) is 0 Å². The number of nitrogens with one attached hydrogen (secondary N) is 4. The number of nitrogens with zero attached hydrogens (tertiary/aromatic N) is 4. The Morgan fingerprint density at radius 1 is 0.978 bits per heavy atom. The topological polar surface area (TPSA) is 160 Å². The molecule has 246 valence electrons. The van der Waals surface area contributed by atoms with Gasteiger partial charge in [-0.1, -0.05) is 23.7 Å². The van der Waals surface area contributed by atoms with Gasteiger partial charge in [0.2, 0.25) is 11.9 Å². The molecule has 0 aliphatic heterocycles. The predicted molar refractivity (Wildman–Crippen MR) is 163 cm³/mol. The second-order valence-corrected chi connectivity index (χ2v) is 11.0. The second-order valence-electron chi connectivity index (χ2n) is 10.5. The van der Waals surface area contributed by atoms with Gasteiger partial charge in [0.15, 0.2) is 6.61 Å². The number of carbonyl (C=O) groups excluding carboxylic acids is 3. The van der Waals surface area contributed by atoms with Crippen LogP contribution in [-0.4, -0.2) is 84.2 Å². The standard InChI is InChI=1S/C29H32ClF3N8O5/c1-41(2)23(43)22(42)34-15-12-21(24(44)45-3)35-19-8-10-20(11-9-19)36-25-37-26(39-27(38-25)46-16-29(31,32)33)40-28(13-14-28)17-4-6-18(30)7-5-17/h4-11,21,35H,12-16H2,1-3H3,(H,34,42)(H2,36,37,38,39,40)/t21-/m0/s1. The smallest absolute Gasteiger partial charge is 0.422 e. The monoisotopic (exact) mass is 664 g/mol. The fraction of sp³-hybridized carbons (Fsp3) is 0.379. The van der Waals surface area contributed by atoms with Crippen molar-refractivity contribution < 1.29 is 37.0 Å². The van der Waals surface area contributed by atoms with Crippen LogP contribution in [0.5, 0.6) is 6.01 Å². The molecule has 1 aliphatic carbocycles. The number of halogens is 4. The SMILES string of the molecule is COC(=O)[C@H](CCNC(=O)C(=O)N(C)C)Nc1ccc(Nc2nc(NC3(c4ccc(Cl)cc4)CC3)nc(OCC(F)(F)F)n2)cc1. The highest BCUT2D eigenvalue weighted by atomic mass is 35.5. The first-order chi connectivity index (χ1) is 21.8. The number of aromatic nitrogens is 3. The van der Waals surface area contributed by atoms with E-state index in [1.807, 2.05) is 12.1 Å². The summed E-state index contributed by atoms with van der Waals surface area (Å²) in [5.41, 5.74) is 1.39. The molecule has 0 bridgehead atoms. The number of alkyl halides is 3. The largest absolute Gasteiger partial charge is 0.467 e. The van der Waals surface area contributed by atoms with Crippen molar-refractivity contribution in [3.8, 4) is 6.01 Å². The summed E-state index contributed by atoms with van der Waals surface area (Å²) in [7, 11) is 4.12. The summed E-state index contributed by atoms with van der Waals surface area (Å²) in [6, 6.07) is 12.3. The molecule has 3 aromatic rings. The molecule has 2 amide bonds. The molecule has 0 unspecified atom stereocenters. The molecule has 1 fully saturated rings. The quantitative estimate of drug-likeness (QED) is 0.155. The number of anilines is 4. The molecule has 1 aromatic heterocycles. The van der Waals surface area contributed by atoms with Gasteiger partial charge in [0.1, 0.15) is 6.04 Å². The lowest BCUT2D eigenvalue weighted by atomic mass is 10.1. The number of hydrogen-bond acceptors (Lipinski definition) is 11. The zero-order valence-electron chi connectivity index (χ0n) is 25.1. The van der Waals surface area contributed by atoms with E-state index in [1.54, 1.807) is 36.4 Å². The van der Waals surface area contributed by atoms with Crippen LogP contribution in [0, 0.1) is 0 Å². The van der Waals surface area contributed by atoms with E-state index in [0.717, 1.165) is 23.3 Å². The number of hydrogen-bond donors (Lipinski definition) is 4. The van der Waals surface area contributed by atoms with Crippen molar-refractivity contribution in [3.05, 3.63) is 59.1 Å². The second kappa shape index (κ2) is 14.5. The average molecular weight is 665 g/mol. The van der Waals surface area contributed by atoms with Crippen LogP contribution in [0.4, 0.5) is 36.4 Å². The summed E-state index contributed by atoms with van der Waals surface area (Å²) >= 11 is 6.02. The molecule has 1 aliphatic rings. The minimum absolute atomic E-state index is 0.0145. The molecule has 4 N–H and O–H groups in total. The molecule has 1 heterocycles. The average Bonchev–Trinajstić information content (AvgIpc) is 3.79. The van der Waals surface area contributed by atoms with Crippen LogP contribution in [-0.2, 0) is 24.7 Å². The van der Waals surface area contributed by atoms with Gasteiger partial charge in [-0.25, -0.2) is 4.79 Å². The number of esters is 1. The Bertz CT molecular complexity index is 1540. The van der Waals surface area contributed by atoms with Crippen LogP contribution in [0.2, 0.25) is 5.02 Å². The van der Waals surface area contributed by atoms with Crippen molar-refractivity contribution >= 4 is 52.7 Å². The molecular weight excluding hydrogens is 633 g/mol. The number of amides is 2. The molecule has 1 saturated carbocycles. The van der Waals surface area contributed by atoms with Gasteiger partial charge in [0.25, 0.3) is 0 Å². The van der Waals surface area contributed by atoms with Crippen LogP contribution in [0.25, 0.3) is 0 Å². The normalized spacial score (nSPS) is 14.0. The lowest BCUT2D eigenvalue weighted by Gasteiger charge is -2.19.